The summed E-state index contributed by atoms with van der Waals surface area (Å²) in [4.78, 5) is 11.3. The Balaban J connectivity index is 3.06. The first-order chi connectivity index (χ1) is 10.1. The number of unbranched alkanes of at least 4 members (excludes halogenated alkanes) is 3. The van der Waals surface area contributed by atoms with E-state index < -0.39 is 5.97 Å². The predicted molar refractivity (Wildman–Crippen MR) is 81.9 cm³/mol. The number of methoxy groups -OCH3 is 1. The molecule has 4 heteroatoms. The zero-order chi connectivity index (χ0) is 15.7. The molecule has 1 N–H and O–H groups in total. The van der Waals surface area contributed by atoms with Crippen LogP contribution in [0.15, 0.2) is 29.8 Å². The van der Waals surface area contributed by atoms with E-state index in [2.05, 4.69) is 6.92 Å². The van der Waals surface area contributed by atoms with Crippen LogP contribution in [-0.2, 0) is 4.79 Å². The molecule has 0 fully saturated rings. The number of carboxylic acids is 1. The molecule has 0 atom stereocenters. The molecule has 0 spiro atoms. The molecule has 0 unspecified atom stereocenters. The number of allylic oxidation sites excluding steroid dienone is 1. The maximum atomic E-state index is 11.3. The Hall–Kier alpha value is -2.28. The topological polar surface area (TPSA) is 70.3 Å². The van der Waals surface area contributed by atoms with E-state index in [4.69, 9.17) is 10.00 Å². The van der Waals surface area contributed by atoms with Crippen molar-refractivity contribution in [3.63, 3.8) is 0 Å². The highest BCUT2D eigenvalue weighted by atomic mass is 16.5. The molecular weight excluding hydrogens is 266 g/mol. The highest BCUT2D eigenvalue weighted by Crippen LogP contribution is 2.27. The Morgan fingerprint density at radius 3 is 2.38 bits per heavy atom. The van der Waals surface area contributed by atoms with Gasteiger partial charge in [0.25, 0.3) is 0 Å². The zero-order valence-electron chi connectivity index (χ0n) is 12.6. The molecule has 0 saturated heterocycles. The van der Waals surface area contributed by atoms with Crippen LogP contribution in [-0.4, -0.2) is 18.2 Å². The van der Waals surface area contributed by atoms with E-state index in [1.807, 2.05) is 6.07 Å². The SMILES string of the molecule is CCCCCCC(=C(C#N)C(=O)O)c1ccc(OC)cc1. The van der Waals surface area contributed by atoms with Gasteiger partial charge in [-0.15, -0.1) is 0 Å². The normalized spacial score (nSPS) is 11.5. The van der Waals surface area contributed by atoms with E-state index >= 15 is 0 Å². The number of aliphatic carboxylic acids is 1. The predicted octanol–water partition coefficient (Wildman–Crippen LogP) is 4.03. The maximum Gasteiger partial charge on any atom is 0.346 e. The summed E-state index contributed by atoms with van der Waals surface area (Å²) in [5.74, 6) is -0.461. The molecule has 0 amide bonds. The second-order valence-electron chi connectivity index (χ2n) is 4.81. The number of nitriles is 1. The summed E-state index contributed by atoms with van der Waals surface area (Å²) in [6, 6.07) is 8.97. The Kier molecular flexibility index (Phi) is 7.03. The van der Waals surface area contributed by atoms with Crippen LogP contribution in [0, 0.1) is 11.3 Å². The fourth-order valence-corrected chi connectivity index (χ4v) is 2.18. The van der Waals surface area contributed by atoms with Gasteiger partial charge in [0.2, 0.25) is 0 Å². The molecular formula is C17H21NO3. The lowest BCUT2D eigenvalue weighted by molar-refractivity contribution is -0.132. The molecule has 0 bridgehead atoms. The van der Waals surface area contributed by atoms with Gasteiger partial charge in [0, 0.05) is 0 Å². The monoisotopic (exact) mass is 287 g/mol. The molecule has 0 radical (unpaired) electrons. The minimum absolute atomic E-state index is 0.170. The van der Waals surface area contributed by atoms with Crippen molar-refractivity contribution < 1.29 is 14.6 Å². The maximum absolute atomic E-state index is 11.3. The highest BCUT2D eigenvalue weighted by Gasteiger charge is 2.15. The number of nitrogens with zero attached hydrogens (tertiary/aromatic N) is 1. The van der Waals surface area contributed by atoms with Gasteiger partial charge in [-0.1, -0.05) is 38.3 Å². The Morgan fingerprint density at radius 2 is 1.90 bits per heavy atom. The van der Waals surface area contributed by atoms with E-state index in [0.29, 0.717) is 17.7 Å². The fourth-order valence-electron chi connectivity index (χ4n) is 2.18. The molecule has 1 aromatic carbocycles. The van der Waals surface area contributed by atoms with Gasteiger partial charge in [-0.25, -0.2) is 4.79 Å². The van der Waals surface area contributed by atoms with Crippen LogP contribution >= 0.6 is 0 Å². The summed E-state index contributed by atoms with van der Waals surface area (Å²) < 4.78 is 5.10. The van der Waals surface area contributed by atoms with Crippen LogP contribution in [0.5, 0.6) is 5.75 Å². The first-order valence-electron chi connectivity index (χ1n) is 7.15. The average Bonchev–Trinajstić information content (AvgIpc) is 2.50. The van der Waals surface area contributed by atoms with Crippen molar-refractivity contribution in [3.05, 3.63) is 35.4 Å². The van der Waals surface area contributed by atoms with Gasteiger partial charge in [-0.05, 0) is 36.1 Å². The van der Waals surface area contributed by atoms with Gasteiger partial charge in [0.05, 0.1) is 7.11 Å². The molecule has 1 aromatic rings. The van der Waals surface area contributed by atoms with Crippen molar-refractivity contribution in [2.75, 3.05) is 7.11 Å². The second-order valence-corrected chi connectivity index (χ2v) is 4.81. The number of hydrogen-bond acceptors (Lipinski definition) is 3. The minimum Gasteiger partial charge on any atom is -0.497 e. The van der Waals surface area contributed by atoms with Gasteiger partial charge in [0.1, 0.15) is 17.4 Å². The summed E-state index contributed by atoms with van der Waals surface area (Å²) in [5.41, 5.74) is 1.20. The standard InChI is InChI=1S/C17H21NO3/c1-3-4-5-6-7-15(16(12-18)17(19)20)13-8-10-14(21-2)11-9-13/h8-11H,3-7H2,1-2H3,(H,19,20). The summed E-state index contributed by atoms with van der Waals surface area (Å²) in [7, 11) is 1.58. The highest BCUT2D eigenvalue weighted by molar-refractivity contribution is 6.00. The van der Waals surface area contributed by atoms with Gasteiger partial charge >= 0.3 is 5.97 Å². The Labute approximate surface area is 125 Å². The third-order valence-electron chi connectivity index (χ3n) is 3.35. The van der Waals surface area contributed by atoms with Crippen molar-refractivity contribution in [2.45, 2.75) is 39.0 Å². The number of hydrogen-bond donors (Lipinski definition) is 1. The van der Waals surface area contributed by atoms with Gasteiger partial charge in [-0.2, -0.15) is 5.26 Å². The number of benzene rings is 1. The largest absolute Gasteiger partial charge is 0.497 e. The molecule has 0 heterocycles. The molecule has 112 valence electrons. The average molecular weight is 287 g/mol. The summed E-state index contributed by atoms with van der Waals surface area (Å²) in [6.07, 6.45) is 4.75. The quantitative estimate of drug-likeness (QED) is 0.445. The van der Waals surface area contributed by atoms with Crippen LogP contribution in [0.4, 0.5) is 0 Å². The van der Waals surface area contributed by atoms with Crippen molar-refractivity contribution >= 4 is 11.5 Å². The first kappa shape index (κ1) is 16.8. The lowest BCUT2D eigenvalue weighted by atomic mass is 9.94. The van der Waals surface area contributed by atoms with Crippen LogP contribution in [0.1, 0.15) is 44.6 Å². The van der Waals surface area contributed by atoms with E-state index in [1.165, 1.54) is 0 Å². The molecule has 1 rings (SSSR count). The van der Waals surface area contributed by atoms with Crippen LogP contribution in [0.2, 0.25) is 0 Å². The second kappa shape index (κ2) is 8.80. The number of carbonyl (C=O) groups is 1. The van der Waals surface area contributed by atoms with Crippen molar-refractivity contribution in [1.82, 2.24) is 0 Å². The third kappa shape index (κ3) is 4.96. The molecule has 21 heavy (non-hydrogen) atoms. The van der Waals surface area contributed by atoms with Crippen molar-refractivity contribution in [1.29, 1.82) is 5.26 Å². The van der Waals surface area contributed by atoms with Gasteiger partial charge < -0.3 is 9.84 Å². The Bertz CT molecular complexity index is 538. The molecule has 0 aliphatic heterocycles. The lowest BCUT2D eigenvalue weighted by Gasteiger charge is -2.10. The number of ether oxygens (including phenoxy) is 1. The molecule has 0 aliphatic carbocycles. The number of carboxylic acid groups (broad SMARTS) is 1. The van der Waals surface area contributed by atoms with Crippen LogP contribution < -0.4 is 4.74 Å². The van der Waals surface area contributed by atoms with Gasteiger partial charge in [0.15, 0.2) is 0 Å². The fraction of sp³-hybridized carbons (Fsp3) is 0.412. The van der Waals surface area contributed by atoms with Crippen molar-refractivity contribution in [3.8, 4) is 11.8 Å². The summed E-state index contributed by atoms with van der Waals surface area (Å²) >= 11 is 0. The molecule has 0 aromatic heterocycles. The van der Waals surface area contributed by atoms with E-state index in [9.17, 15) is 9.90 Å². The summed E-state index contributed by atoms with van der Waals surface area (Å²) in [5, 5.41) is 18.3. The van der Waals surface area contributed by atoms with Crippen LogP contribution in [0.25, 0.3) is 5.57 Å². The van der Waals surface area contributed by atoms with Crippen molar-refractivity contribution in [2.24, 2.45) is 0 Å². The Morgan fingerprint density at radius 1 is 1.24 bits per heavy atom. The van der Waals surface area contributed by atoms with E-state index in [1.54, 1.807) is 31.4 Å². The van der Waals surface area contributed by atoms with E-state index in [0.717, 1.165) is 31.2 Å². The van der Waals surface area contributed by atoms with Crippen LogP contribution in [0.3, 0.4) is 0 Å². The van der Waals surface area contributed by atoms with Gasteiger partial charge in [-0.3, -0.25) is 0 Å². The molecule has 4 nitrogen and oxygen atoms in total. The third-order valence-corrected chi connectivity index (χ3v) is 3.35. The summed E-state index contributed by atoms with van der Waals surface area (Å²) in [6.45, 7) is 2.12. The number of rotatable bonds is 8. The minimum atomic E-state index is -1.17. The van der Waals surface area contributed by atoms with E-state index in [-0.39, 0.29) is 5.57 Å². The molecule has 0 aliphatic rings. The smallest absolute Gasteiger partial charge is 0.346 e. The zero-order valence-corrected chi connectivity index (χ0v) is 12.6. The first-order valence-corrected chi connectivity index (χ1v) is 7.15. The lowest BCUT2D eigenvalue weighted by Crippen LogP contribution is -2.03. The molecule has 0 saturated carbocycles.